The van der Waals surface area contributed by atoms with Crippen LogP contribution in [0.3, 0.4) is 0 Å². The highest BCUT2D eigenvalue weighted by atomic mass is 19.1. The van der Waals surface area contributed by atoms with E-state index in [1.54, 1.807) is 12.1 Å². The Morgan fingerprint density at radius 1 is 1.05 bits per heavy atom. The van der Waals surface area contributed by atoms with Gasteiger partial charge in [-0.05, 0) is 37.6 Å². The second-order valence-corrected chi connectivity index (χ2v) is 4.51. The molecule has 0 amide bonds. The van der Waals surface area contributed by atoms with Crippen molar-refractivity contribution in [3.05, 3.63) is 58.9 Å². The molecule has 0 fully saturated rings. The lowest BCUT2D eigenvalue weighted by atomic mass is 10.1. The van der Waals surface area contributed by atoms with Gasteiger partial charge in [-0.3, -0.25) is 0 Å². The number of ether oxygens (including phenoxy) is 2. The second kappa shape index (κ2) is 5.74. The lowest BCUT2D eigenvalue weighted by Crippen LogP contribution is -2.00. The highest BCUT2D eigenvalue weighted by Crippen LogP contribution is 2.22. The lowest BCUT2D eigenvalue weighted by Gasteiger charge is -2.11. The monoisotopic (exact) mass is 260 g/mol. The number of methoxy groups -OCH3 is 1. The van der Waals surface area contributed by atoms with Crippen LogP contribution in [0.5, 0.6) is 11.5 Å². The van der Waals surface area contributed by atoms with Crippen LogP contribution < -0.4 is 9.47 Å². The summed E-state index contributed by atoms with van der Waals surface area (Å²) in [6.07, 6.45) is 0. The Labute approximate surface area is 112 Å². The summed E-state index contributed by atoms with van der Waals surface area (Å²) in [4.78, 5) is 0. The Morgan fingerprint density at radius 3 is 2.47 bits per heavy atom. The molecule has 2 aromatic rings. The predicted octanol–water partition coefficient (Wildman–Crippen LogP) is 4.03. The fraction of sp³-hybridized carbons (Fsp3) is 0.250. The first kappa shape index (κ1) is 13.4. The molecule has 3 heteroatoms. The van der Waals surface area contributed by atoms with Crippen molar-refractivity contribution in [1.82, 2.24) is 0 Å². The zero-order valence-electron chi connectivity index (χ0n) is 11.4. The molecule has 0 unspecified atom stereocenters. The average molecular weight is 260 g/mol. The van der Waals surface area contributed by atoms with Crippen molar-refractivity contribution in [1.29, 1.82) is 0 Å². The number of aryl methyl sites for hydroxylation is 2. The molecule has 19 heavy (non-hydrogen) atoms. The third kappa shape index (κ3) is 3.25. The summed E-state index contributed by atoms with van der Waals surface area (Å²) in [6.45, 7) is 4.21. The van der Waals surface area contributed by atoms with Crippen molar-refractivity contribution in [3.63, 3.8) is 0 Å². The summed E-state index contributed by atoms with van der Waals surface area (Å²) in [5.41, 5.74) is 2.75. The molecule has 2 nitrogen and oxygen atoms in total. The molecule has 2 aromatic carbocycles. The molecular formula is C16H17FO2. The maximum atomic E-state index is 13.7. The van der Waals surface area contributed by atoms with Gasteiger partial charge in [-0.15, -0.1) is 0 Å². The largest absolute Gasteiger partial charge is 0.497 e. The number of halogens is 1. The van der Waals surface area contributed by atoms with Gasteiger partial charge >= 0.3 is 0 Å². The first-order valence-corrected chi connectivity index (χ1v) is 6.12. The van der Waals surface area contributed by atoms with Gasteiger partial charge in [-0.2, -0.15) is 0 Å². The predicted molar refractivity (Wildman–Crippen MR) is 73.2 cm³/mol. The van der Waals surface area contributed by atoms with Gasteiger partial charge < -0.3 is 9.47 Å². The van der Waals surface area contributed by atoms with E-state index in [0.717, 1.165) is 11.3 Å². The van der Waals surface area contributed by atoms with Crippen LogP contribution in [-0.2, 0) is 6.61 Å². The summed E-state index contributed by atoms with van der Waals surface area (Å²) in [5.74, 6) is 0.970. The van der Waals surface area contributed by atoms with E-state index >= 15 is 0 Å². The van der Waals surface area contributed by atoms with Gasteiger partial charge in [0.05, 0.1) is 7.11 Å². The standard InChI is InChI=1S/C16H17FO2/c1-11-4-7-16(12(2)8-11)19-10-13-5-6-14(18-3)9-15(13)17/h4-9H,10H2,1-3H3. The van der Waals surface area contributed by atoms with Gasteiger partial charge in [0.2, 0.25) is 0 Å². The van der Waals surface area contributed by atoms with Crippen LogP contribution in [0.4, 0.5) is 4.39 Å². The molecule has 0 aliphatic rings. The topological polar surface area (TPSA) is 18.5 Å². The summed E-state index contributed by atoms with van der Waals surface area (Å²) in [7, 11) is 1.51. The number of rotatable bonds is 4. The Bertz CT molecular complexity index is 579. The van der Waals surface area contributed by atoms with Gasteiger partial charge in [-0.1, -0.05) is 17.7 Å². The molecule has 0 atom stereocenters. The number of benzene rings is 2. The third-order valence-corrected chi connectivity index (χ3v) is 2.97. The summed E-state index contributed by atoms with van der Waals surface area (Å²) < 4.78 is 24.4. The average Bonchev–Trinajstić information content (AvgIpc) is 2.39. The SMILES string of the molecule is COc1ccc(COc2ccc(C)cc2C)c(F)c1. The zero-order chi connectivity index (χ0) is 13.8. The minimum atomic E-state index is -0.316. The normalized spacial score (nSPS) is 10.3. The second-order valence-electron chi connectivity index (χ2n) is 4.51. The lowest BCUT2D eigenvalue weighted by molar-refractivity contribution is 0.297. The molecule has 0 aromatic heterocycles. The Kier molecular flexibility index (Phi) is 4.05. The Balaban J connectivity index is 2.10. The maximum Gasteiger partial charge on any atom is 0.133 e. The molecule has 100 valence electrons. The van der Waals surface area contributed by atoms with E-state index in [1.165, 1.54) is 18.7 Å². The summed E-state index contributed by atoms with van der Waals surface area (Å²) in [5, 5.41) is 0. The Morgan fingerprint density at radius 2 is 1.84 bits per heavy atom. The van der Waals surface area contributed by atoms with Crippen molar-refractivity contribution in [2.24, 2.45) is 0 Å². The van der Waals surface area contributed by atoms with Crippen LogP contribution in [0.25, 0.3) is 0 Å². The first-order chi connectivity index (χ1) is 9.10. The maximum absolute atomic E-state index is 13.7. The molecule has 0 N–H and O–H groups in total. The number of hydrogen-bond donors (Lipinski definition) is 0. The summed E-state index contributed by atoms with van der Waals surface area (Å²) >= 11 is 0. The van der Waals surface area contributed by atoms with E-state index in [0.29, 0.717) is 11.3 Å². The smallest absolute Gasteiger partial charge is 0.133 e. The highest BCUT2D eigenvalue weighted by molar-refractivity contribution is 5.36. The molecule has 0 bridgehead atoms. The van der Waals surface area contributed by atoms with Gasteiger partial charge in [0.1, 0.15) is 23.9 Å². The van der Waals surface area contributed by atoms with E-state index in [2.05, 4.69) is 0 Å². The zero-order valence-corrected chi connectivity index (χ0v) is 11.4. The quantitative estimate of drug-likeness (QED) is 0.826. The van der Waals surface area contributed by atoms with E-state index in [4.69, 9.17) is 9.47 Å². The minimum Gasteiger partial charge on any atom is -0.497 e. The molecular weight excluding hydrogens is 243 g/mol. The van der Waals surface area contributed by atoms with Crippen molar-refractivity contribution in [2.45, 2.75) is 20.5 Å². The van der Waals surface area contributed by atoms with E-state index < -0.39 is 0 Å². The Hall–Kier alpha value is -2.03. The van der Waals surface area contributed by atoms with Crippen LogP contribution in [0.15, 0.2) is 36.4 Å². The van der Waals surface area contributed by atoms with Crippen molar-refractivity contribution in [2.75, 3.05) is 7.11 Å². The number of hydrogen-bond acceptors (Lipinski definition) is 2. The van der Waals surface area contributed by atoms with Crippen molar-refractivity contribution >= 4 is 0 Å². The molecule has 0 aliphatic heterocycles. The van der Waals surface area contributed by atoms with Crippen LogP contribution in [0, 0.1) is 19.7 Å². The van der Waals surface area contributed by atoms with Crippen molar-refractivity contribution in [3.8, 4) is 11.5 Å². The highest BCUT2D eigenvalue weighted by Gasteiger charge is 2.06. The first-order valence-electron chi connectivity index (χ1n) is 6.12. The molecule has 0 saturated heterocycles. The molecule has 0 heterocycles. The van der Waals surface area contributed by atoms with Crippen LogP contribution in [0.2, 0.25) is 0 Å². The molecule has 2 rings (SSSR count). The minimum absolute atomic E-state index is 0.208. The molecule has 0 radical (unpaired) electrons. The molecule has 0 aliphatic carbocycles. The molecule has 0 spiro atoms. The molecule has 0 saturated carbocycles. The van der Waals surface area contributed by atoms with Crippen molar-refractivity contribution < 1.29 is 13.9 Å². The van der Waals surface area contributed by atoms with Gasteiger partial charge in [0.15, 0.2) is 0 Å². The van der Waals surface area contributed by atoms with Gasteiger partial charge in [0, 0.05) is 11.6 Å². The van der Waals surface area contributed by atoms with Gasteiger partial charge in [0.25, 0.3) is 0 Å². The van der Waals surface area contributed by atoms with E-state index in [1.807, 2.05) is 32.0 Å². The fourth-order valence-corrected chi connectivity index (χ4v) is 1.89. The van der Waals surface area contributed by atoms with Crippen LogP contribution >= 0.6 is 0 Å². The van der Waals surface area contributed by atoms with Crippen LogP contribution in [-0.4, -0.2) is 7.11 Å². The van der Waals surface area contributed by atoms with Gasteiger partial charge in [-0.25, -0.2) is 4.39 Å². The van der Waals surface area contributed by atoms with E-state index in [-0.39, 0.29) is 12.4 Å². The third-order valence-electron chi connectivity index (χ3n) is 2.97. The van der Waals surface area contributed by atoms with Crippen LogP contribution in [0.1, 0.15) is 16.7 Å². The van der Waals surface area contributed by atoms with E-state index in [9.17, 15) is 4.39 Å². The fourth-order valence-electron chi connectivity index (χ4n) is 1.89. The summed E-state index contributed by atoms with van der Waals surface area (Å²) in [6, 6.07) is 10.7.